The minimum atomic E-state index is -1.36. The summed E-state index contributed by atoms with van der Waals surface area (Å²) in [5.41, 5.74) is 1.79. The first-order valence-corrected chi connectivity index (χ1v) is 11.2. The third-order valence-electron chi connectivity index (χ3n) is 5.21. The molecular weight excluding hydrogens is 471 g/mol. The Balaban J connectivity index is 0.00000456. The van der Waals surface area contributed by atoms with Crippen LogP contribution < -0.4 is 50.6 Å². The Labute approximate surface area is 231 Å². The second-order valence-corrected chi connectivity index (χ2v) is 7.86. The normalized spacial score (nSPS) is 11.0. The van der Waals surface area contributed by atoms with Crippen LogP contribution in [0.15, 0.2) is 72.9 Å². The van der Waals surface area contributed by atoms with Crippen molar-refractivity contribution in [1.82, 2.24) is 15.6 Å². The smallest absolute Gasteiger partial charge is 0.550 e. The number of rotatable bonds is 12. The van der Waals surface area contributed by atoms with Crippen molar-refractivity contribution in [2.75, 3.05) is 18.4 Å². The zero-order valence-corrected chi connectivity index (χ0v) is 22.1. The molecule has 1 atom stereocenters. The van der Waals surface area contributed by atoms with Gasteiger partial charge in [-0.05, 0) is 35.7 Å². The van der Waals surface area contributed by atoms with E-state index >= 15 is 0 Å². The second-order valence-electron chi connectivity index (χ2n) is 7.86. The Morgan fingerprint density at radius 1 is 0.972 bits per heavy atom. The Bertz CT molecular complexity index is 1150. The molecule has 0 radical (unpaired) electrons. The van der Waals surface area contributed by atoms with Gasteiger partial charge in [0.15, 0.2) is 0 Å². The molecule has 2 aromatic carbocycles. The van der Waals surface area contributed by atoms with Gasteiger partial charge in [-0.1, -0.05) is 48.5 Å². The first-order valence-electron chi connectivity index (χ1n) is 11.2. The summed E-state index contributed by atoms with van der Waals surface area (Å²) in [6.07, 6.45) is 1.94. The van der Waals surface area contributed by atoms with Crippen LogP contribution in [0.5, 0.6) is 5.75 Å². The zero-order valence-electron chi connectivity index (χ0n) is 20.1. The molecule has 182 valence electrons. The SMILES string of the molecule is O=C([O-])CC(NC(=O)CNC(=O)CCCNc1ccccn1)c1ccc(-c2ccccc2)c(O)c1.[Na+]. The summed E-state index contributed by atoms with van der Waals surface area (Å²) in [5.74, 6) is -1.54. The van der Waals surface area contributed by atoms with Gasteiger partial charge in [-0.2, -0.15) is 0 Å². The summed E-state index contributed by atoms with van der Waals surface area (Å²) in [6, 6.07) is 18.5. The average molecular weight is 499 g/mol. The Morgan fingerprint density at radius 3 is 2.39 bits per heavy atom. The van der Waals surface area contributed by atoms with E-state index in [-0.39, 0.29) is 54.2 Å². The number of amides is 2. The molecule has 0 saturated carbocycles. The van der Waals surface area contributed by atoms with E-state index in [0.29, 0.717) is 29.9 Å². The molecular formula is C26H27N4NaO5. The number of benzene rings is 2. The van der Waals surface area contributed by atoms with Crippen molar-refractivity contribution in [2.24, 2.45) is 0 Å². The van der Waals surface area contributed by atoms with Gasteiger partial charge in [-0.25, -0.2) is 4.98 Å². The molecule has 2 amide bonds. The molecule has 4 N–H and O–H groups in total. The van der Waals surface area contributed by atoms with E-state index in [4.69, 9.17) is 0 Å². The number of carbonyl (C=O) groups excluding carboxylic acids is 3. The number of nitrogens with zero attached hydrogens (tertiary/aromatic N) is 1. The summed E-state index contributed by atoms with van der Waals surface area (Å²) in [5, 5.41) is 29.9. The summed E-state index contributed by atoms with van der Waals surface area (Å²) in [7, 11) is 0. The maximum Gasteiger partial charge on any atom is 1.00 e. The molecule has 9 nitrogen and oxygen atoms in total. The number of carboxylic acid groups (broad SMARTS) is 1. The Hall–Kier alpha value is -3.40. The van der Waals surface area contributed by atoms with Crippen molar-refractivity contribution in [1.29, 1.82) is 0 Å². The molecule has 0 spiro atoms. The number of hydrogen-bond donors (Lipinski definition) is 4. The number of aromatic hydroxyl groups is 1. The van der Waals surface area contributed by atoms with Gasteiger partial charge in [0, 0.05) is 37.1 Å². The van der Waals surface area contributed by atoms with E-state index in [9.17, 15) is 24.6 Å². The minimum Gasteiger partial charge on any atom is -0.550 e. The van der Waals surface area contributed by atoms with E-state index in [1.165, 1.54) is 6.07 Å². The first-order chi connectivity index (χ1) is 16.9. The summed E-state index contributed by atoms with van der Waals surface area (Å²) < 4.78 is 0. The predicted octanol–water partition coefficient (Wildman–Crippen LogP) is -1.24. The summed E-state index contributed by atoms with van der Waals surface area (Å²) >= 11 is 0. The van der Waals surface area contributed by atoms with Gasteiger partial charge in [0.2, 0.25) is 11.8 Å². The molecule has 0 saturated heterocycles. The maximum absolute atomic E-state index is 12.4. The standard InChI is InChI=1S/C26H28N4O5.Na/c31-22-15-19(11-12-20(22)18-7-2-1-3-8-18)21(16-26(34)35)30-25(33)17-29-24(32)10-6-14-28-23-9-4-5-13-27-23;/h1-5,7-9,11-13,15,21,31H,6,10,14,16-17H2,(H,27,28)(H,29,32)(H,30,33)(H,34,35);/q;+1/p-1. The quantitative estimate of drug-likeness (QED) is 0.181. The zero-order chi connectivity index (χ0) is 25.0. The van der Waals surface area contributed by atoms with E-state index in [1.807, 2.05) is 48.5 Å². The maximum atomic E-state index is 12.4. The molecule has 0 aliphatic heterocycles. The molecule has 0 aliphatic rings. The molecule has 0 aliphatic carbocycles. The number of pyridine rings is 1. The van der Waals surface area contributed by atoms with Gasteiger partial charge in [0.1, 0.15) is 11.6 Å². The topological polar surface area (TPSA) is 143 Å². The molecule has 3 aromatic rings. The van der Waals surface area contributed by atoms with Gasteiger partial charge < -0.3 is 31.0 Å². The largest absolute Gasteiger partial charge is 1.00 e. The molecule has 3 rings (SSSR count). The van der Waals surface area contributed by atoms with Gasteiger partial charge in [-0.15, -0.1) is 0 Å². The van der Waals surface area contributed by atoms with Crippen LogP contribution in [0, 0.1) is 0 Å². The number of anilines is 1. The summed E-state index contributed by atoms with van der Waals surface area (Å²) in [4.78, 5) is 39.8. The fraction of sp³-hybridized carbons (Fsp3) is 0.231. The fourth-order valence-electron chi connectivity index (χ4n) is 3.49. The monoisotopic (exact) mass is 498 g/mol. The average Bonchev–Trinajstić information content (AvgIpc) is 2.86. The van der Waals surface area contributed by atoms with Gasteiger partial charge in [-0.3, -0.25) is 9.59 Å². The minimum absolute atomic E-state index is 0. The fourth-order valence-corrected chi connectivity index (χ4v) is 3.49. The van der Waals surface area contributed by atoms with E-state index in [2.05, 4.69) is 20.9 Å². The van der Waals surface area contributed by atoms with Crippen molar-refractivity contribution in [3.63, 3.8) is 0 Å². The van der Waals surface area contributed by atoms with Crippen LogP contribution in [0.2, 0.25) is 0 Å². The molecule has 1 aromatic heterocycles. The van der Waals surface area contributed by atoms with Gasteiger partial charge in [0.25, 0.3) is 0 Å². The number of phenolic OH excluding ortho intramolecular Hbond substituents is 1. The number of aromatic nitrogens is 1. The molecule has 36 heavy (non-hydrogen) atoms. The van der Waals surface area contributed by atoms with Crippen molar-refractivity contribution in [2.45, 2.75) is 25.3 Å². The van der Waals surface area contributed by atoms with Crippen molar-refractivity contribution < 1.29 is 54.2 Å². The van der Waals surface area contributed by atoms with Crippen LogP contribution in [0.3, 0.4) is 0 Å². The van der Waals surface area contributed by atoms with Crippen LogP contribution in [-0.2, 0) is 14.4 Å². The van der Waals surface area contributed by atoms with Crippen LogP contribution >= 0.6 is 0 Å². The second kappa shape index (κ2) is 14.9. The van der Waals surface area contributed by atoms with Crippen LogP contribution in [-0.4, -0.2) is 41.0 Å². The molecule has 0 fully saturated rings. The van der Waals surface area contributed by atoms with Gasteiger partial charge >= 0.3 is 29.6 Å². The van der Waals surface area contributed by atoms with Crippen LogP contribution in [0.25, 0.3) is 11.1 Å². The van der Waals surface area contributed by atoms with Crippen molar-refractivity contribution in [3.05, 3.63) is 78.5 Å². The van der Waals surface area contributed by atoms with Crippen molar-refractivity contribution >= 4 is 23.6 Å². The first kappa shape index (κ1) is 28.8. The molecule has 0 bridgehead atoms. The number of nitrogens with one attached hydrogen (secondary N) is 3. The van der Waals surface area contributed by atoms with Gasteiger partial charge in [0.05, 0.1) is 12.6 Å². The Morgan fingerprint density at radius 2 is 1.72 bits per heavy atom. The molecule has 1 heterocycles. The third-order valence-corrected chi connectivity index (χ3v) is 5.21. The van der Waals surface area contributed by atoms with Crippen LogP contribution in [0.1, 0.15) is 30.9 Å². The van der Waals surface area contributed by atoms with Crippen LogP contribution in [0.4, 0.5) is 5.82 Å². The Kier molecular flexibility index (Phi) is 11.9. The van der Waals surface area contributed by atoms with E-state index in [0.717, 1.165) is 5.56 Å². The number of hydrogen-bond acceptors (Lipinski definition) is 7. The number of phenols is 1. The number of carbonyl (C=O) groups is 3. The third kappa shape index (κ3) is 9.33. The summed E-state index contributed by atoms with van der Waals surface area (Å²) in [6.45, 7) is 0.247. The molecule has 1 unspecified atom stereocenters. The van der Waals surface area contributed by atoms with Crippen molar-refractivity contribution in [3.8, 4) is 16.9 Å². The number of aliphatic carboxylic acids is 1. The molecule has 10 heteroatoms. The van der Waals surface area contributed by atoms with E-state index < -0.39 is 24.3 Å². The number of carboxylic acids is 1. The predicted molar refractivity (Wildman–Crippen MR) is 129 cm³/mol. The van der Waals surface area contributed by atoms with E-state index in [1.54, 1.807) is 18.3 Å².